The number of aromatic nitrogens is 2. The van der Waals surface area contributed by atoms with Gasteiger partial charge in [0, 0.05) is 24.4 Å². The standard InChI is InChI=1S/C11H14F2N2OS/c1-7-14-9(17-15-7)16-4-8-2-10(3-8)5-11(12,13)6-10/h8H,2-6H2,1H3. The molecule has 0 aromatic carbocycles. The number of halogens is 2. The molecule has 0 saturated heterocycles. The van der Waals surface area contributed by atoms with Crippen molar-refractivity contribution >= 4 is 11.5 Å². The fourth-order valence-electron chi connectivity index (χ4n) is 3.14. The van der Waals surface area contributed by atoms with Crippen molar-refractivity contribution < 1.29 is 13.5 Å². The molecular weight excluding hydrogens is 246 g/mol. The molecule has 6 heteroatoms. The zero-order valence-electron chi connectivity index (χ0n) is 9.58. The van der Waals surface area contributed by atoms with Crippen molar-refractivity contribution in [3.63, 3.8) is 0 Å². The summed E-state index contributed by atoms with van der Waals surface area (Å²) < 4.78 is 35.1. The van der Waals surface area contributed by atoms with Crippen LogP contribution in [-0.4, -0.2) is 21.9 Å². The van der Waals surface area contributed by atoms with Crippen molar-refractivity contribution in [2.24, 2.45) is 11.3 Å². The number of alkyl halides is 2. The highest BCUT2D eigenvalue weighted by atomic mass is 32.1. The normalized spacial score (nSPS) is 25.4. The Morgan fingerprint density at radius 2 is 2.12 bits per heavy atom. The van der Waals surface area contributed by atoms with Gasteiger partial charge in [0.05, 0.1) is 6.61 Å². The van der Waals surface area contributed by atoms with E-state index < -0.39 is 5.92 Å². The molecule has 94 valence electrons. The molecule has 2 aliphatic rings. The summed E-state index contributed by atoms with van der Waals surface area (Å²) in [6.45, 7) is 2.40. The Kier molecular flexibility index (Phi) is 2.40. The molecule has 1 spiro atoms. The average molecular weight is 260 g/mol. The van der Waals surface area contributed by atoms with Crippen LogP contribution in [0.5, 0.6) is 5.19 Å². The molecule has 17 heavy (non-hydrogen) atoms. The largest absolute Gasteiger partial charge is 0.469 e. The third-order valence-electron chi connectivity index (χ3n) is 3.66. The van der Waals surface area contributed by atoms with Gasteiger partial charge in [-0.2, -0.15) is 9.36 Å². The zero-order valence-corrected chi connectivity index (χ0v) is 10.4. The number of hydrogen-bond acceptors (Lipinski definition) is 4. The maximum atomic E-state index is 12.8. The van der Waals surface area contributed by atoms with E-state index in [0.29, 0.717) is 23.5 Å². The van der Waals surface area contributed by atoms with Gasteiger partial charge in [0.2, 0.25) is 5.92 Å². The number of hydrogen-bond donors (Lipinski definition) is 0. The Morgan fingerprint density at radius 3 is 2.65 bits per heavy atom. The summed E-state index contributed by atoms with van der Waals surface area (Å²) in [5.74, 6) is -1.27. The first kappa shape index (κ1) is 11.3. The molecule has 3 rings (SSSR count). The Balaban J connectivity index is 1.42. The summed E-state index contributed by atoms with van der Waals surface area (Å²) in [5, 5.41) is 0.586. The van der Waals surface area contributed by atoms with E-state index in [1.807, 2.05) is 6.92 Å². The Hall–Kier alpha value is -0.780. The van der Waals surface area contributed by atoms with Crippen LogP contribution in [0.3, 0.4) is 0 Å². The minimum absolute atomic E-state index is 0.0609. The summed E-state index contributed by atoms with van der Waals surface area (Å²) in [5.41, 5.74) is -0.0609. The Labute approximate surface area is 102 Å². The van der Waals surface area contributed by atoms with Crippen LogP contribution in [0.2, 0.25) is 0 Å². The summed E-state index contributed by atoms with van der Waals surface area (Å²) in [6.07, 6.45) is 1.91. The smallest absolute Gasteiger partial charge is 0.293 e. The highest BCUT2D eigenvalue weighted by Gasteiger charge is 2.61. The minimum Gasteiger partial charge on any atom is -0.469 e. The van der Waals surface area contributed by atoms with Crippen LogP contribution >= 0.6 is 11.5 Å². The van der Waals surface area contributed by atoms with Gasteiger partial charge in [0.15, 0.2) is 0 Å². The maximum absolute atomic E-state index is 12.8. The van der Waals surface area contributed by atoms with Gasteiger partial charge >= 0.3 is 0 Å². The van der Waals surface area contributed by atoms with Crippen LogP contribution in [0.4, 0.5) is 8.78 Å². The third-order valence-corrected chi connectivity index (χ3v) is 4.38. The van der Waals surface area contributed by atoms with Crippen molar-refractivity contribution in [1.82, 2.24) is 9.36 Å². The fourth-order valence-corrected chi connectivity index (χ4v) is 3.69. The quantitative estimate of drug-likeness (QED) is 0.837. The van der Waals surface area contributed by atoms with Gasteiger partial charge in [0.25, 0.3) is 5.19 Å². The molecule has 0 unspecified atom stereocenters. The van der Waals surface area contributed by atoms with E-state index in [1.54, 1.807) is 0 Å². The first-order valence-electron chi connectivity index (χ1n) is 5.77. The summed E-state index contributed by atoms with van der Waals surface area (Å²) in [6, 6.07) is 0. The highest BCUT2D eigenvalue weighted by molar-refractivity contribution is 7.07. The molecule has 0 radical (unpaired) electrons. The van der Waals surface area contributed by atoms with Crippen molar-refractivity contribution in [3.8, 4) is 5.19 Å². The van der Waals surface area contributed by atoms with Gasteiger partial charge in [-0.1, -0.05) is 0 Å². The molecule has 1 heterocycles. The average Bonchev–Trinajstić information content (AvgIpc) is 2.54. The van der Waals surface area contributed by atoms with E-state index in [1.165, 1.54) is 11.5 Å². The molecule has 0 atom stereocenters. The predicted molar refractivity (Wildman–Crippen MR) is 59.5 cm³/mol. The molecule has 2 aliphatic carbocycles. The lowest BCUT2D eigenvalue weighted by molar-refractivity contribution is -0.209. The first-order chi connectivity index (χ1) is 7.96. The Morgan fingerprint density at radius 1 is 1.41 bits per heavy atom. The molecule has 3 nitrogen and oxygen atoms in total. The topological polar surface area (TPSA) is 35.0 Å². The lowest BCUT2D eigenvalue weighted by Gasteiger charge is -2.57. The SMILES string of the molecule is Cc1nsc(OCC2CC3(C2)CC(F)(F)C3)n1. The van der Waals surface area contributed by atoms with E-state index >= 15 is 0 Å². The predicted octanol–water partition coefficient (Wildman–Crippen LogP) is 3.05. The molecule has 0 aliphatic heterocycles. The molecule has 1 aromatic rings. The second kappa shape index (κ2) is 3.60. The van der Waals surface area contributed by atoms with Crippen LogP contribution in [0, 0.1) is 18.3 Å². The van der Waals surface area contributed by atoms with Crippen LogP contribution in [0.25, 0.3) is 0 Å². The molecule has 2 fully saturated rings. The minimum atomic E-state index is -2.40. The van der Waals surface area contributed by atoms with Gasteiger partial charge in [0.1, 0.15) is 5.82 Å². The van der Waals surface area contributed by atoms with Gasteiger partial charge < -0.3 is 4.74 Å². The van der Waals surface area contributed by atoms with Crippen LogP contribution in [0.15, 0.2) is 0 Å². The van der Waals surface area contributed by atoms with Crippen LogP contribution in [0.1, 0.15) is 31.5 Å². The van der Waals surface area contributed by atoms with Gasteiger partial charge in [-0.25, -0.2) is 8.78 Å². The van der Waals surface area contributed by atoms with E-state index in [-0.39, 0.29) is 18.3 Å². The second-order valence-corrected chi connectivity index (χ2v) is 6.12. The molecular formula is C11H14F2N2OS. The fraction of sp³-hybridized carbons (Fsp3) is 0.818. The molecule has 1 aromatic heterocycles. The molecule has 2 saturated carbocycles. The third kappa shape index (κ3) is 2.14. The number of rotatable bonds is 3. The number of aryl methyl sites for hydroxylation is 1. The molecule has 0 amide bonds. The van der Waals surface area contributed by atoms with Gasteiger partial charge in [-0.15, -0.1) is 0 Å². The van der Waals surface area contributed by atoms with Crippen LogP contribution < -0.4 is 4.74 Å². The molecule has 0 N–H and O–H groups in total. The first-order valence-corrected chi connectivity index (χ1v) is 6.55. The summed E-state index contributed by atoms with van der Waals surface area (Å²) in [7, 11) is 0. The van der Waals surface area contributed by atoms with Gasteiger partial charge in [-0.05, 0) is 31.1 Å². The number of nitrogens with zero attached hydrogens (tertiary/aromatic N) is 2. The van der Waals surface area contributed by atoms with E-state index in [4.69, 9.17) is 4.74 Å². The zero-order chi connectivity index (χ0) is 12.1. The van der Waals surface area contributed by atoms with Crippen molar-refractivity contribution in [2.75, 3.05) is 6.61 Å². The Bertz CT molecular complexity index is 419. The van der Waals surface area contributed by atoms with E-state index in [0.717, 1.165) is 12.8 Å². The summed E-state index contributed by atoms with van der Waals surface area (Å²) >= 11 is 1.24. The molecule has 0 bridgehead atoms. The van der Waals surface area contributed by atoms with E-state index in [2.05, 4.69) is 9.36 Å². The highest BCUT2D eigenvalue weighted by Crippen LogP contribution is 2.64. The summed E-state index contributed by atoms with van der Waals surface area (Å²) in [4.78, 5) is 4.10. The van der Waals surface area contributed by atoms with Crippen molar-refractivity contribution in [2.45, 2.75) is 38.5 Å². The lowest BCUT2D eigenvalue weighted by Crippen LogP contribution is -2.54. The van der Waals surface area contributed by atoms with Crippen molar-refractivity contribution in [1.29, 1.82) is 0 Å². The second-order valence-electron chi connectivity index (χ2n) is 5.40. The van der Waals surface area contributed by atoms with Crippen LogP contribution in [-0.2, 0) is 0 Å². The van der Waals surface area contributed by atoms with Crippen molar-refractivity contribution in [3.05, 3.63) is 5.82 Å². The monoisotopic (exact) mass is 260 g/mol. The maximum Gasteiger partial charge on any atom is 0.293 e. The van der Waals surface area contributed by atoms with E-state index in [9.17, 15) is 8.78 Å². The lowest BCUT2D eigenvalue weighted by atomic mass is 9.50. The van der Waals surface area contributed by atoms with Gasteiger partial charge in [-0.3, -0.25) is 0 Å². The number of ether oxygens (including phenoxy) is 1.